The van der Waals surface area contributed by atoms with Crippen LogP contribution in [-0.4, -0.2) is 19.3 Å². The van der Waals surface area contributed by atoms with E-state index in [1.54, 1.807) is 0 Å². The molecule has 0 aliphatic heterocycles. The first kappa shape index (κ1) is 10.6. The van der Waals surface area contributed by atoms with Crippen molar-refractivity contribution in [3.05, 3.63) is 12.2 Å². The SMILES string of the molecule is C=C(C)C(CCOCC)NN. The normalized spacial score (nSPS) is 13.0. The molecule has 0 rings (SSSR count). The van der Waals surface area contributed by atoms with Crippen LogP contribution in [0.1, 0.15) is 20.3 Å². The minimum absolute atomic E-state index is 0.182. The molecule has 0 saturated heterocycles. The molecule has 0 aromatic rings. The van der Waals surface area contributed by atoms with Gasteiger partial charge < -0.3 is 4.74 Å². The number of rotatable bonds is 6. The fraction of sp³-hybridized carbons (Fsp3) is 0.750. The van der Waals surface area contributed by atoms with E-state index in [9.17, 15) is 0 Å². The number of hydrogen-bond donors (Lipinski definition) is 2. The predicted molar refractivity (Wildman–Crippen MR) is 47.0 cm³/mol. The van der Waals surface area contributed by atoms with E-state index >= 15 is 0 Å². The molecular formula is C8H18N2O. The standard InChI is InChI=1S/C8H18N2O/c1-4-11-6-5-8(10-9)7(2)3/h8,10H,2,4-6,9H2,1,3H3. The summed E-state index contributed by atoms with van der Waals surface area (Å²) in [5.41, 5.74) is 3.73. The summed E-state index contributed by atoms with van der Waals surface area (Å²) < 4.78 is 5.18. The molecule has 1 atom stereocenters. The monoisotopic (exact) mass is 158 g/mol. The first-order valence-electron chi connectivity index (χ1n) is 3.91. The van der Waals surface area contributed by atoms with Crippen molar-refractivity contribution in [1.29, 1.82) is 0 Å². The third-order valence-corrected chi connectivity index (χ3v) is 1.55. The Hall–Kier alpha value is -0.380. The molecule has 3 N–H and O–H groups in total. The summed E-state index contributed by atoms with van der Waals surface area (Å²) in [6.07, 6.45) is 0.889. The molecule has 0 aliphatic rings. The maximum absolute atomic E-state index is 5.29. The Morgan fingerprint density at radius 3 is 2.73 bits per heavy atom. The van der Waals surface area contributed by atoms with Crippen LogP contribution in [0.5, 0.6) is 0 Å². The van der Waals surface area contributed by atoms with Crippen LogP contribution < -0.4 is 11.3 Å². The highest BCUT2D eigenvalue weighted by atomic mass is 16.5. The quantitative estimate of drug-likeness (QED) is 0.260. The van der Waals surface area contributed by atoms with E-state index in [-0.39, 0.29) is 6.04 Å². The Labute approximate surface area is 68.6 Å². The summed E-state index contributed by atoms with van der Waals surface area (Å²) in [4.78, 5) is 0. The van der Waals surface area contributed by atoms with Crippen molar-refractivity contribution < 1.29 is 4.74 Å². The Kier molecular flexibility index (Phi) is 6.12. The molecule has 0 aromatic heterocycles. The fourth-order valence-electron chi connectivity index (χ4n) is 0.818. The lowest BCUT2D eigenvalue weighted by Gasteiger charge is -2.14. The second-order valence-electron chi connectivity index (χ2n) is 2.55. The fourth-order valence-corrected chi connectivity index (χ4v) is 0.818. The molecule has 0 aliphatic carbocycles. The highest BCUT2D eigenvalue weighted by Gasteiger charge is 2.05. The van der Waals surface area contributed by atoms with Crippen molar-refractivity contribution in [2.75, 3.05) is 13.2 Å². The number of nitrogens with one attached hydrogen (secondary N) is 1. The van der Waals surface area contributed by atoms with Gasteiger partial charge in [-0.2, -0.15) is 0 Å². The van der Waals surface area contributed by atoms with E-state index in [1.165, 1.54) is 0 Å². The lowest BCUT2D eigenvalue weighted by molar-refractivity contribution is 0.139. The van der Waals surface area contributed by atoms with E-state index in [0.717, 1.165) is 25.2 Å². The van der Waals surface area contributed by atoms with Crippen molar-refractivity contribution in [3.63, 3.8) is 0 Å². The van der Waals surface area contributed by atoms with Crippen molar-refractivity contribution in [3.8, 4) is 0 Å². The van der Waals surface area contributed by atoms with Gasteiger partial charge in [0.1, 0.15) is 0 Å². The van der Waals surface area contributed by atoms with Crippen molar-refractivity contribution in [2.24, 2.45) is 5.84 Å². The maximum atomic E-state index is 5.29. The van der Waals surface area contributed by atoms with Crippen LogP contribution in [-0.2, 0) is 4.74 Å². The topological polar surface area (TPSA) is 47.3 Å². The number of ether oxygens (including phenoxy) is 1. The minimum Gasteiger partial charge on any atom is -0.382 e. The average molecular weight is 158 g/mol. The van der Waals surface area contributed by atoms with E-state index in [0.29, 0.717) is 0 Å². The van der Waals surface area contributed by atoms with E-state index in [1.807, 2.05) is 13.8 Å². The van der Waals surface area contributed by atoms with Gasteiger partial charge in [0.2, 0.25) is 0 Å². The predicted octanol–water partition coefficient (Wildman–Crippen LogP) is 0.821. The molecule has 0 radical (unpaired) electrons. The largest absolute Gasteiger partial charge is 0.382 e. The second-order valence-corrected chi connectivity index (χ2v) is 2.55. The van der Waals surface area contributed by atoms with E-state index in [4.69, 9.17) is 10.6 Å². The highest BCUT2D eigenvalue weighted by molar-refractivity contribution is 5.00. The van der Waals surface area contributed by atoms with Gasteiger partial charge in [-0.3, -0.25) is 11.3 Å². The van der Waals surface area contributed by atoms with Crippen molar-refractivity contribution >= 4 is 0 Å². The summed E-state index contributed by atoms with van der Waals surface area (Å²) >= 11 is 0. The lowest BCUT2D eigenvalue weighted by atomic mass is 10.1. The molecule has 0 aromatic carbocycles. The first-order chi connectivity index (χ1) is 5.22. The zero-order valence-corrected chi connectivity index (χ0v) is 7.39. The third kappa shape index (κ3) is 4.95. The van der Waals surface area contributed by atoms with E-state index in [2.05, 4.69) is 12.0 Å². The molecule has 11 heavy (non-hydrogen) atoms. The zero-order chi connectivity index (χ0) is 8.69. The Morgan fingerprint density at radius 1 is 1.73 bits per heavy atom. The van der Waals surface area contributed by atoms with Crippen LogP contribution in [0.4, 0.5) is 0 Å². The molecule has 0 bridgehead atoms. The summed E-state index contributed by atoms with van der Waals surface area (Å²) in [6.45, 7) is 9.23. The van der Waals surface area contributed by atoms with Crippen LogP contribution in [0.15, 0.2) is 12.2 Å². The molecule has 0 heterocycles. The van der Waals surface area contributed by atoms with Gasteiger partial charge in [-0.25, -0.2) is 0 Å². The van der Waals surface area contributed by atoms with Crippen molar-refractivity contribution in [1.82, 2.24) is 5.43 Å². The maximum Gasteiger partial charge on any atom is 0.0484 e. The van der Waals surface area contributed by atoms with Gasteiger partial charge >= 0.3 is 0 Å². The van der Waals surface area contributed by atoms with Crippen LogP contribution >= 0.6 is 0 Å². The second kappa shape index (κ2) is 6.34. The number of hydrazine groups is 1. The van der Waals surface area contributed by atoms with Crippen LogP contribution in [0.25, 0.3) is 0 Å². The Morgan fingerprint density at radius 2 is 2.36 bits per heavy atom. The number of nitrogens with two attached hydrogens (primary N) is 1. The summed E-state index contributed by atoms with van der Waals surface area (Å²) in [7, 11) is 0. The summed E-state index contributed by atoms with van der Waals surface area (Å²) in [5, 5.41) is 0. The van der Waals surface area contributed by atoms with Gasteiger partial charge in [0, 0.05) is 19.3 Å². The third-order valence-electron chi connectivity index (χ3n) is 1.55. The molecular weight excluding hydrogens is 140 g/mol. The van der Waals surface area contributed by atoms with Crippen LogP contribution in [0.2, 0.25) is 0 Å². The first-order valence-corrected chi connectivity index (χ1v) is 3.91. The summed E-state index contributed by atoms with van der Waals surface area (Å²) in [6, 6.07) is 0.182. The van der Waals surface area contributed by atoms with Gasteiger partial charge in [0.15, 0.2) is 0 Å². The van der Waals surface area contributed by atoms with Gasteiger partial charge in [-0.15, -0.1) is 0 Å². The number of hydrogen-bond acceptors (Lipinski definition) is 3. The van der Waals surface area contributed by atoms with Crippen LogP contribution in [0.3, 0.4) is 0 Å². The molecule has 0 fully saturated rings. The summed E-state index contributed by atoms with van der Waals surface area (Å²) in [5.74, 6) is 5.29. The molecule has 0 spiro atoms. The molecule has 3 heteroatoms. The smallest absolute Gasteiger partial charge is 0.0484 e. The molecule has 3 nitrogen and oxygen atoms in total. The average Bonchev–Trinajstić information content (AvgIpc) is 1.97. The molecule has 66 valence electrons. The highest BCUT2D eigenvalue weighted by Crippen LogP contribution is 2.01. The van der Waals surface area contributed by atoms with Gasteiger partial charge in [-0.1, -0.05) is 12.2 Å². The molecule has 1 unspecified atom stereocenters. The zero-order valence-electron chi connectivity index (χ0n) is 7.39. The molecule has 0 amide bonds. The minimum atomic E-state index is 0.182. The van der Waals surface area contributed by atoms with Gasteiger partial charge in [0.05, 0.1) is 0 Å². The van der Waals surface area contributed by atoms with Crippen LogP contribution in [0, 0.1) is 0 Å². The Balaban J connectivity index is 3.44. The lowest BCUT2D eigenvalue weighted by Crippen LogP contribution is -2.36. The van der Waals surface area contributed by atoms with Gasteiger partial charge in [-0.05, 0) is 20.3 Å². The van der Waals surface area contributed by atoms with Crippen molar-refractivity contribution in [2.45, 2.75) is 26.3 Å². The molecule has 0 saturated carbocycles. The van der Waals surface area contributed by atoms with E-state index < -0.39 is 0 Å². The Bertz CT molecular complexity index is 115. The van der Waals surface area contributed by atoms with Gasteiger partial charge in [0.25, 0.3) is 0 Å².